The normalized spacial score (nSPS) is 13.9. The van der Waals surface area contributed by atoms with E-state index in [-0.39, 0.29) is 9.79 Å². The molecule has 0 heterocycles. The van der Waals surface area contributed by atoms with Crippen molar-refractivity contribution >= 4 is 31.6 Å². The fourth-order valence-electron chi connectivity index (χ4n) is 2.15. The number of rotatable bonds is 5. The third-order valence-corrected chi connectivity index (χ3v) is 6.80. The molecule has 6 nitrogen and oxygen atoms in total. The van der Waals surface area contributed by atoms with Gasteiger partial charge in [-0.2, -0.15) is 4.31 Å². The summed E-state index contributed by atoms with van der Waals surface area (Å²) in [6.07, 6.45) is 0. The van der Waals surface area contributed by atoms with Gasteiger partial charge in [-0.1, -0.05) is 29.8 Å². The molecule has 0 amide bonds. The van der Waals surface area contributed by atoms with Crippen LogP contribution in [-0.2, 0) is 20.0 Å². The standard InChI is InChI=1S/C15H17ClN2O4S2/c1-11(12-6-8-14(9-7-12)23(17,19)20)18(2)24(21,22)15-5-3-4-13(16)10-15/h3-11H,1-2H3,(H2,17,19,20). The molecule has 0 aliphatic carbocycles. The molecule has 2 aromatic carbocycles. The first kappa shape index (κ1) is 18.9. The minimum absolute atomic E-state index is 0.0289. The van der Waals surface area contributed by atoms with Gasteiger partial charge in [0.2, 0.25) is 20.0 Å². The Morgan fingerprint density at radius 3 is 2.08 bits per heavy atom. The van der Waals surface area contributed by atoms with Crippen molar-refractivity contribution in [3.05, 3.63) is 59.1 Å². The minimum Gasteiger partial charge on any atom is -0.225 e. The largest absolute Gasteiger partial charge is 0.243 e. The summed E-state index contributed by atoms with van der Waals surface area (Å²) >= 11 is 5.86. The zero-order valence-electron chi connectivity index (χ0n) is 13.0. The van der Waals surface area contributed by atoms with Crippen molar-refractivity contribution in [3.8, 4) is 0 Å². The van der Waals surface area contributed by atoms with Crippen LogP contribution in [0.2, 0.25) is 5.02 Å². The average molecular weight is 389 g/mol. The van der Waals surface area contributed by atoms with Gasteiger partial charge >= 0.3 is 0 Å². The molecule has 0 radical (unpaired) electrons. The van der Waals surface area contributed by atoms with E-state index in [0.29, 0.717) is 10.6 Å². The monoisotopic (exact) mass is 388 g/mol. The van der Waals surface area contributed by atoms with Crippen LogP contribution in [0.15, 0.2) is 58.3 Å². The van der Waals surface area contributed by atoms with Crippen molar-refractivity contribution in [2.24, 2.45) is 5.14 Å². The van der Waals surface area contributed by atoms with Crippen molar-refractivity contribution in [2.75, 3.05) is 7.05 Å². The minimum atomic E-state index is -3.79. The number of nitrogens with two attached hydrogens (primary N) is 1. The fraction of sp³-hybridized carbons (Fsp3) is 0.200. The first-order valence-corrected chi connectivity index (χ1v) is 10.3. The predicted molar refractivity (Wildman–Crippen MR) is 92.6 cm³/mol. The van der Waals surface area contributed by atoms with Gasteiger partial charge in [0.15, 0.2) is 0 Å². The van der Waals surface area contributed by atoms with Gasteiger partial charge in [-0.05, 0) is 42.8 Å². The first-order valence-electron chi connectivity index (χ1n) is 6.90. The van der Waals surface area contributed by atoms with Gasteiger partial charge in [0.1, 0.15) is 0 Å². The van der Waals surface area contributed by atoms with E-state index in [1.165, 1.54) is 47.8 Å². The van der Waals surface area contributed by atoms with Gasteiger partial charge in [-0.3, -0.25) is 0 Å². The molecule has 1 unspecified atom stereocenters. The summed E-state index contributed by atoms with van der Waals surface area (Å²) in [5.41, 5.74) is 0.635. The fourth-order valence-corrected chi connectivity index (χ4v) is 4.32. The molecule has 24 heavy (non-hydrogen) atoms. The lowest BCUT2D eigenvalue weighted by atomic mass is 10.1. The van der Waals surface area contributed by atoms with E-state index in [9.17, 15) is 16.8 Å². The van der Waals surface area contributed by atoms with E-state index in [4.69, 9.17) is 16.7 Å². The number of sulfonamides is 2. The highest BCUT2D eigenvalue weighted by Gasteiger charge is 2.26. The van der Waals surface area contributed by atoms with Crippen LogP contribution < -0.4 is 5.14 Å². The molecule has 9 heteroatoms. The Morgan fingerprint density at radius 2 is 1.58 bits per heavy atom. The molecule has 0 aromatic heterocycles. The molecule has 0 bridgehead atoms. The molecule has 0 saturated carbocycles. The molecule has 0 saturated heterocycles. The molecule has 0 aliphatic rings. The van der Waals surface area contributed by atoms with E-state index < -0.39 is 26.1 Å². The first-order chi connectivity index (χ1) is 11.0. The van der Waals surface area contributed by atoms with Crippen molar-refractivity contribution in [1.82, 2.24) is 4.31 Å². The molecule has 0 spiro atoms. The second-order valence-electron chi connectivity index (χ2n) is 5.27. The number of nitrogens with zero attached hydrogens (tertiary/aromatic N) is 1. The summed E-state index contributed by atoms with van der Waals surface area (Å²) in [6.45, 7) is 1.70. The average Bonchev–Trinajstić information content (AvgIpc) is 2.52. The summed E-state index contributed by atoms with van der Waals surface area (Å²) in [5, 5.41) is 5.38. The number of primary sulfonamides is 1. The zero-order valence-corrected chi connectivity index (χ0v) is 15.4. The molecule has 0 fully saturated rings. The Bertz CT molecular complexity index is 942. The summed E-state index contributed by atoms with van der Waals surface area (Å²) in [6, 6.07) is 11.3. The van der Waals surface area contributed by atoms with Crippen LogP contribution in [0.4, 0.5) is 0 Å². The quantitative estimate of drug-likeness (QED) is 0.850. The molecule has 2 N–H and O–H groups in total. The van der Waals surface area contributed by atoms with Gasteiger partial charge in [0.05, 0.1) is 9.79 Å². The number of hydrogen-bond donors (Lipinski definition) is 1. The number of halogens is 1. The van der Waals surface area contributed by atoms with E-state index in [2.05, 4.69) is 0 Å². The Balaban J connectivity index is 2.33. The summed E-state index contributed by atoms with van der Waals surface area (Å²) in [7, 11) is -6.08. The van der Waals surface area contributed by atoms with Crippen molar-refractivity contribution in [2.45, 2.75) is 22.8 Å². The third-order valence-electron chi connectivity index (χ3n) is 3.71. The van der Waals surface area contributed by atoms with Crippen LogP contribution in [-0.4, -0.2) is 28.2 Å². The molecule has 1 atom stereocenters. The second-order valence-corrected chi connectivity index (χ2v) is 9.26. The van der Waals surface area contributed by atoms with Crippen LogP contribution in [0.3, 0.4) is 0 Å². The van der Waals surface area contributed by atoms with E-state index in [1.807, 2.05) is 0 Å². The predicted octanol–water partition coefficient (Wildman–Crippen LogP) is 2.37. The SMILES string of the molecule is CC(c1ccc(S(N)(=O)=O)cc1)N(C)S(=O)(=O)c1cccc(Cl)c1. The Hall–Kier alpha value is -1.45. The van der Waals surface area contributed by atoms with Crippen molar-refractivity contribution in [1.29, 1.82) is 0 Å². The van der Waals surface area contributed by atoms with Crippen LogP contribution in [0.1, 0.15) is 18.5 Å². The lowest BCUT2D eigenvalue weighted by molar-refractivity contribution is 0.398. The Kier molecular flexibility index (Phi) is 5.36. The summed E-state index contributed by atoms with van der Waals surface area (Å²) in [5.74, 6) is 0. The van der Waals surface area contributed by atoms with Gasteiger partial charge in [0.25, 0.3) is 0 Å². The molecular formula is C15H17ClN2O4S2. The maximum absolute atomic E-state index is 12.7. The third kappa shape index (κ3) is 3.96. The number of benzene rings is 2. The van der Waals surface area contributed by atoms with Crippen molar-refractivity contribution in [3.63, 3.8) is 0 Å². The molecular weight excluding hydrogens is 372 g/mol. The highest BCUT2D eigenvalue weighted by atomic mass is 35.5. The smallest absolute Gasteiger partial charge is 0.225 e. The van der Waals surface area contributed by atoms with Gasteiger partial charge < -0.3 is 0 Å². The topological polar surface area (TPSA) is 97.5 Å². The van der Waals surface area contributed by atoms with E-state index in [0.717, 1.165) is 0 Å². The van der Waals surface area contributed by atoms with Crippen LogP contribution in [0, 0.1) is 0 Å². The van der Waals surface area contributed by atoms with Crippen molar-refractivity contribution < 1.29 is 16.8 Å². The molecule has 2 rings (SSSR count). The lowest BCUT2D eigenvalue weighted by Crippen LogP contribution is -2.29. The van der Waals surface area contributed by atoms with E-state index >= 15 is 0 Å². The highest BCUT2D eigenvalue weighted by molar-refractivity contribution is 7.89. The maximum Gasteiger partial charge on any atom is 0.243 e. The Labute approximate surface area is 147 Å². The lowest BCUT2D eigenvalue weighted by Gasteiger charge is -2.25. The highest BCUT2D eigenvalue weighted by Crippen LogP contribution is 2.27. The summed E-state index contributed by atoms with van der Waals surface area (Å²) < 4.78 is 49.1. The maximum atomic E-state index is 12.7. The van der Waals surface area contributed by atoms with Gasteiger partial charge in [-0.15, -0.1) is 0 Å². The summed E-state index contributed by atoms with van der Waals surface area (Å²) in [4.78, 5) is 0.0595. The second kappa shape index (κ2) is 6.81. The van der Waals surface area contributed by atoms with Crippen LogP contribution in [0.25, 0.3) is 0 Å². The molecule has 130 valence electrons. The van der Waals surface area contributed by atoms with Crippen LogP contribution in [0.5, 0.6) is 0 Å². The molecule has 2 aromatic rings. The Morgan fingerprint density at radius 1 is 1.00 bits per heavy atom. The van der Waals surface area contributed by atoms with E-state index in [1.54, 1.807) is 19.1 Å². The van der Waals surface area contributed by atoms with Crippen LogP contribution >= 0.6 is 11.6 Å². The van der Waals surface area contributed by atoms with Gasteiger partial charge in [0, 0.05) is 18.1 Å². The molecule has 0 aliphatic heterocycles. The van der Waals surface area contributed by atoms with Gasteiger partial charge in [-0.25, -0.2) is 22.0 Å². The zero-order chi connectivity index (χ0) is 18.1. The number of hydrogen-bond acceptors (Lipinski definition) is 4.